The molecule has 3 rings (SSSR count). The zero-order valence-corrected chi connectivity index (χ0v) is 14.2. The van der Waals surface area contributed by atoms with Crippen molar-refractivity contribution in [2.24, 2.45) is 11.7 Å². The van der Waals surface area contributed by atoms with E-state index in [0.717, 1.165) is 24.0 Å². The molecule has 1 fully saturated rings. The van der Waals surface area contributed by atoms with E-state index in [-0.39, 0.29) is 5.97 Å². The van der Waals surface area contributed by atoms with Gasteiger partial charge in [-0.25, -0.2) is 0 Å². The first kappa shape index (κ1) is 17.2. The smallest absolute Gasteiger partial charge is 0.311 e. The van der Waals surface area contributed by atoms with E-state index >= 15 is 0 Å². The maximum absolute atomic E-state index is 12.2. The highest BCUT2D eigenvalue weighted by atomic mass is 16.5. The van der Waals surface area contributed by atoms with Crippen LogP contribution in [0, 0.1) is 5.92 Å². The normalized spacial score (nSPS) is 14.9. The number of nitrogens with two attached hydrogens (primary N) is 1. The summed E-state index contributed by atoms with van der Waals surface area (Å²) in [4.78, 5) is 23.5. The number of carbonyl (C=O) groups excluding carboxylic acids is 2. The molecule has 0 aliphatic heterocycles. The topological polar surface area (TPSA) is 69.4 Å². The quantitative estimate of drug-likeness (QED) is 0.652. The molecule has 1 saturated carbocycles. The van der Waals surface area contributed by atoms with Gasteiger partial charge in [0.2, 0.25) is 5.91 Å². The number of primary amides is 1. The van der Waals surface area contributed by atoms with E-state index in [1.165, 1.54) is 19.3 Å². The first-order valence-corrected chi connectivity index (χ1v) is 8.83. The molecular formula is C21H23NO3. The van der Waals surface area contributed by atoms with Gasteiger partial charge in [0.15, 0.2) is 0 Å². The molecule has 0 aromatic heterocycles. The minimum absolute atomic E-state index is 0.171. The van der Waals surface area contributed by atoms with Gasteiger partial charge in [0.1, 0.15) is 5.75 Å². The minimum Gasteiger partial charge on any atom is -0.426 e. The molecule has 0 bridgehead atoms. The predicted molar refractivity (Wildman–Crippen MR) is 97.2 cm³/mol. The number of benzene rings is 2. The third-order valence-corrected chi connectivity index (χ3v) is 4.73. The Labute approximate surface area is 148 Å². The first-order valence-electron chi connectivity index (χ1n) is 8.83. The fourth-order valence-corrected chi connectivity index (χ4v) is 3.39. The Hall–Kier alpha value is -2.62. The zero-order chi connectivity index (χ0) is 17.6. The van der Waals surface area contributed by atoms with Crippen molar-refractivity contribution in [2.45, 2.75) is 38.5 Å². The largest absolute Gasteiger partial charge is 0.426 e. The maximum Gasteiger partial charge on any atom is 0.311 e. The highest BCUT2D eigenvalue weighted by molar-refractivity contribution is 5.94. The molecule has 0 spiro atoms. The number of hydrogen-bond acceptors (Lipinski definition) is 3. The van der Waals surface area contributed by atoms with Gasteiger partial charge in [-0.1, -0.05) is 43.5 Å². The van der Waals surface area contributed by atoms with Crippen LogP contribution in [0.1, 0.15) is 48.9 Å². The molecule has 25 heavy (non-hydrogen) atoms. The second-order valence-electron chi connectivity index (χ2n) is 6.66. The Morgan fingerprint density at radius 2 is 1.64 bits per heavy atom. The highest BCUT2D eigenvalue weighted by Gasteiger charge is 2.18. The molecule has 0 unspecified atom stereocenters. The van der Waals surface area contributed by atoms with Crippen LogP contribution >= 0.6 is 0 Å². The van der Waals surface area contributed by atoms with Gasteiger partial charge in [0.25, 0.3) is 0 Å². The van der Waals surface area contributed by atoms with Crippen molar-refractivity contribution in [3.63, 3.8) is 0 Å². The second-order valence-corrected chi connectivity index (χ2v) is 6.66. The average molecular weight is 337 g/mol. The predicted octanol–water partition coefficient (Wildman–Crippen LogP) is 4.33. The molecule has 0 saturated heterocycles. The SMILES string of the molecule is NC(=O)c1cccc(-c2cccc(OC(=O)CC3CCCCC3)c2)c1. The molecule has 2 aromatic carbocycles. The van der Waals surface area contributed by atoms with E-state index in [4.69, 9.17) is 10.5 Å². The summed E-state index contributed by atoms with van der Waals surface area (Å²) in [6.45, 7) is 0. The van der Waals surface area contributed by atoms with E-state index in [1.807, 2.05) is 24.3 Å². The van der Waals surface area contributed by atoms with Crippen molar-refractivity contribution in [3.8, 4) is 16.9 Å². The van der Waals surface area contributed by atoms with Crippen LogP contribution in [-0.2, 0) is 4.79 Å². The Morgan fingerprint density at radius 1 is 0.960 bits per heavy atom. The fourth-order valence-electron chi connectivity index (χ4n) is 3.39. The molecule has 130 valence electrons. The lowest BCUT2D eigenvalue weighted by molar-refractivity contribution is -0.135. The van der Waals surface area contributed by atoms with E-state index in [1.54, 1.807) is 24.3 Å². The zero-order valence-electron chi connectivity index (χ0n) is 14.2. The summed E-state index contributed by atoms with van der Waals surface area (Å²) in [5.41, 5.74) is 7.54. The molecule has 1 amide bonds. The first-order chi connectivity index (χ1) is 12.1. The van der Waals surface area contributed by atoms with Gasteiger partial charge >= 0.3 is 5.97 Å². The molecule has 1 aliphatic rings. The summed E-state index contributed by atoms with van der Waals surface area (Å²) >= 11 is 0. The van der Waals surface area contributed by atoms with Crippen molar-refractivity contribution in [1.29, 1.82) is 0 Å². The van der Waals surface area contributed by atoms with Crippen LogP contribution in [0.3, 0.4) is 0 Å². The number of hydrogen-bond donors (Lipinski definition) is 1. The maximum atomic E-state index is 12.2. The summed E-state index contributed by atoms with van der Waals surface area (Å²) in [6.07, 6.45) is 6.43. The van der Waals surface area contributed by atoms with Crippen molar-refractivity contribution < 1.29 is 14.3 Å². The summed E-state index contributed by atoms with van der Waals surface area (Å²) < 4.78 is 5.53. The van der Waals surface area contributed by atoms with Crippen LogP contribution in [-0.4, -0.2) is 11.9 Å². The lowest BCUT2D eigenvalue weighted by atomic mass is 9.87. The molecular weight excluding hydrogens is 314 g/mol. The van der Waals surface area contributed by atoms with E-state index < -0.39 is 5.91 Å². The molecule has 4 heteroatoms. The van der Waals surface area contributed by atoms with Crippen molar-refractivity contribution in [2.75, 3.05) is 0 Å². The van der Waals surface area contributed by atoms with Gasteiger partial charge in [0, 0.05) is 12.0 Å². The monoisotopic (exact) mass is 337 g/mol. The standard InChI is InChI=1S/C21H23NO3/c22-21(24)18-10-4-8-16(13-18)17-9-5-11-19(14-17)25-20(23)12-15-6-2-1-3-7-15/h4-5,8-11,13-15H,1-3,6-7,12H2,(H2,22,24). The number of carbonyl (C=O) groups is 2. The summed E-state index contributed by atoms with van der Waals surface area (Å²) in [7, 11) is 0. The van der Waals surface area contributed by atoms with E-state index in [0.29, 0.717) is 23.7 Å². The lowest BCUT2D eigenvalue weighted by Gasteiger charge is -2.20. The molecule has 1 aliphatic carbocycles. The van der Waals surface area contributed by atoms with E-state index in [9.17, 15) is 9.59 Å². The molecule has 0 radical (unpaired) electrons. The summed E-state index contributed by atoms with van der Waals surface area (Å²) in [6, 6.07) is 14.5. The van der Waals surface area contributed by atoms with Crippen molar-refractivity contribution >= 4 is 11.9 Å². The highest BCUT2D eigenvalue weighted by Crippen LogP contribution is 2.28. The molecule has 2 N–H and O–H groups in total. The molecule has 4 nitrogen and oxygen atoms in total. The van der Waals surface area contributed by atoms with Crippen LogP contribution in [0.5, 0.6) is 5.75 Å². The number of rotatable bonds is 5. The molecule has 2 aromatic rings. The molecule has 0 atom stereocenters. The van der Waals surface area contributed by atoms with E-state index in [2.05, 4.69) is 0 Å². The third kappa shape index (κ3) is 4.69. The van der Waals surface area contributed by atoms with Crippen LogP contribution < -0.4 is 10.5 Å². The van der Waals surface area contributed by atoms with Crippen LogP contribution in [0.15, 0.2) is 48.5 Å². The lowest BCUT2D eigenvalue weighted by Crippen LogP contribution is -2.16. The number of esters is 1. The Balaban J connectivity index is 1.69. The number of amides is 1. The third-order valence-electron chi connectivity index (χ3n) is 4.73. The van der Waals surface area contributed by atoms with Gasteiger partial charge in [-0.05, 0) is 54.2 Å². The summed E-state index contributed by atoms with van der Waals surface area (Å²) in [5.74, 6) is 0.353. The Morgan fingerprint density at radius 3 is 2.36 bits per heavy atom. The Kier molecular flexibility index (Phi) is 5.49. The van der Waals surface area contributed by atoms with Gasteiger partial charge in [-0.2, -0.15) is 0 Å². The van der Waals surface area contributed by atoms with Crippen LogP contribution in [0.2, 0.25) is 0 Å². The van der Waals surface area contributed by atoms with Gasteiger partial charge in [-0.3, -0.25) is 9.59 Å². The minimum atomic E-state index is -0.461. The van der Waals surface area contributed by atoms with Crippen molar-refractivity contribution in [1.82, 2.24) is 0 Å². The molecule has 0 heterocycles. The average Bonchev–Trinajstić information content (AvgIpc) is 2.63. The van der Waals surface area contributed by atoms with Gasteiger partial charge < -0.3 is 10.5 Å². The van der Waals surface area contributed by atoms with Gasteiger partial charge in [0.05, 0.1) is 0 Å². The number of ether oxygens (including phenoxy) is 1. The van der Waals surface area contributed by atoms with Gasteiger partial charge in [-0.15, -0.1) is 0 Å². The van der Waals surface area contributed by atoms with Crippen LogP contribution in [0.25, 0.3) is 11.1 Å². The fraction of sp³-hybridized carbons (Fsp3) is 0.333. The summed E-state index contributed by atoms with van der Waals surface area (Å²) in [5, 5.41) is 0. The van der Waals surface area contributed by atoms with Crippen molar-refractivity contribution in [3.05, 3.63) is 54.1 Å². The van der Waals surface area contributed by atoms with Crippen LogP contribution in [0.4, 0.5) is 0 Å². The Bertz CT molecular complexity index is 763. The second kappa shape index (κ2) is 7.97.